The fourth-order valence-corrected chi connectivity index (χ4v) is 3.05. The Morgan fingerprint density at radius 2 is 1.87 bits per heavy atom. The molecule has 0 bridgehead atoms. The largest absolute Gasteiger partial charge is 0.481 e. The van der Waals surface area contributed by atoms with Gasteiger partial charge in [0.1, 0.15) is 0 Å². The highest BCUT2D eigenvalue weighted by atomic mass is 16.4. The maximum absolute atomic E-state index is 10.9. The van der Waals surface area contributed by atoms with E-state index >= 15 is 0 Å². The summed E-state index contributed by atoms with van der Waals surface area (Å²) in [5, 5.41) is 10.1. The van der Waals surface area contributed by atoms with Crippen LogP contribution < -0.4 is 0 Å². The summed E-state index contributed by atoms with van der Waals surface area (Å²) in [6, 6.07) is 14.7. The van der Waals surface area contributed by atoms with Crippen molar-refractivity contribution in [3.63, 3.8) is 0 Å². The molecule has 0 radical (unpaired) electrons. The van der Waals surface area contributed by atoms with Gasteiger partial charge in [0.05, 0.1) is 0 Å². The van der Waals surface area contributed by atoms with Crippen molar-refractivity contribution >= 4 is 16.9 Å². The smallest absolute Gasteiger partial charge is 0.303 e. The van der Waals surface area contributed by atoms with E-state index in [1.807, 2.05) is 12.1 Å². The van der Waals surface area contributed by atoms with Crippen molar-refractivity contribution in [2.45, 2.75) is 33.2 Å². The maximum atomic E-state index is 10.9. The van der Waals surface area contributed by atoms with E-state index in [0.717, 1.165) is 23.0 Å². The predicted molar refractivity (Wildman–Crippen MR) is 92.9 cm³/mol. The fraction of sp³-hybridized carbons (Fsp3) is 0.250. The Morgan fingerprint density at radius 3 is 2.65 bits per heavy atom. The zero-order valence-corrected chi connectivity index (χ0v) is 13.5. The zero-order valence-electron chi connectivity index (χ0n) is 13.5. The van der Waals surface area contributed by atoms with Crippen molar-refractivity contribution in [2.75, 3.05) is 0 Å². The highest BCUT2D eigenvalue weighted by Gasteiger charge is 2.10. The lowest BCUT2D eigenvalue weighted by Crippen LogP contribution is -2.01. The quantitative estimate of drug-likeness (QED) is 0.762. The third kappa shape index (κ3) is 3.29. The number of aromatic nitrogens is 1. The van der Waals surface area contributed by atoms with Crippen molar-refractivity contribution in [2.24, 2.45) is 0 Å². The van der Waals surface area contributed by atoms with Crippen LogP contribution in [-0.2, 0) is 17.8 Å². The number of carboxylic acids is 1. The molecule has 118 valence electrons. The van der Waals surface area contributed by atoms with E-state index in [-0.39, 0.29) is 6.42 Å². The molecule has 0 aliphatic heterocycles. The molecule has 0 amide bonds. The van der Waals surface area contributed by atoms with Crippen molar-refractivity contribution in [1.29, 1.82) is 0 Å². The number of fused-ring (bicyclic) bond motifs is 1. The summed E-state index contributed by atoms with van der Waals surface area (Å²) in [5.41, 5.74) is 6.10. The van der Waals surface area contributed by atoms with Gasteiger partial charge in [0, 0.05) is 30.1 Å². The van der Waals surface area contributed by atoms with Crippen molar-refractivity contribution in [1.82, 2.24) is 4.57 Å². The van der Waals surface area contributed by atoms with Crippen molar-refractivity contribution < 1.29 is 9.90 Å². The lowest BCUT2D eigenvalue weighted by molar-refractivity contribution is -0.136. The summed E-state index contributed by atoms with van der Waals surface area (Å²) in [7, 11) is 0. The second kappa shape index (κ2) is 6.29. The van der Waals surface area contributed by atoms with E-state index < -0.39 is 5.97 Å². The minimum absolute atomic E-state index is 0.164. The van der Waals surface area contributed by atoms with E-state index in [1.54, 1.807) is 0 Å². The van der Waals surface area contributed by atoms with Gasteiger partial charge in [0.15, 0.2) is 0 Å². The van der Waals surface area contributed by atoms with E-state index in [1.165, 1.54) is 16.7 Å². The summed E-state index contributed by atoms with van der Waals surface area (Å²) in [6.45, 7) is 5.04. The van der Waals surface area contributed by atoms with Gasteiger partial charge in [0.25, 0.3) is 0 Å². The van der Waals surface area contributed by atoms with Crippen LogP contribution in [0.5, 0.6) is 0 Å². The number of nitrogens with zero attached hydrogens (tertiary/aromatic N) is 1. The number of carbonyl (C=O) groups is 1. The molecule has 0 spiro atoms. The first-order valence-corrected chi connectivity index (χ1v) is 7.89. The molecule has 1 aromatic heterocycles. The highest BCUT2D eigenvalue weighted by Crippen LogP contribution is 2.24. The van der Waals surface area contributed by atoms with Gasteiger partial charge >= 0.3 is 5.97 Å². The molecule has 2 aromatic carbocycles. The van der Waals surface area contributed by atoms with E-state index in [0.29, 0.717) is 6.42 Å². The predicted octanol–water partition coefficient (Wildman–Crippen LogP) is 4.32. The van der Waals surface area contributed by atoms with Crippen LogP contribution in [0.2, 0.25) is 0 Å². The number of aliphatic carboxylic acids is 1. The minimum Gasteiger partial charge on any atom is -0.481 e. The first-order valence-electron chi connectivity index (χ1n) is 7.89. The van der Waals surface area contributed by atoms with Crippen LogP contribution >= 0.6 is 0 Å². The molecule has 3 nitrogen and oxygen atoms in total. The van der Waals surface area contributed by atoms with Crippen LogP contribution in [0, 0.1) is 13.8 Å². The van der Waals surface area contributed by atoms with Gasteiger partial charge in [-0.2, -0.15) is 0 Å². The molecule has 0 aliphatic carbocycles. The summed E-state index contributed by atoms with van der Waals surface area (Å²) in [5.74, 6) is -0.753. The number of para-hydroxylation sites is 1. The van der Waals surface area contributed by atoms with E-state index in [4.69, 9.17) is 5.11 Å². The number of rotatable bonds is 5. The van der Waals surface area contributed by atoms with Crippen molar-refractivity contribution in [3.05, 3.63) is 70.9 Å². The second-order valence-electron chi connectivity index (χ2n) is 6.12. The Balaban J connectivity index is 2.00. The molecule has 1 heterocycles. The Hall–Kier alpha value is -2.55. The topological polar surface area (TPSA) is 42.2 Å². The molecule has 1 N–H and O–H groups in total. The minimum atomic E-state index is -0.753. The molecular weight excluding hydrogens is 286 g/mol. The van der Waals surface area contributed by atoms with E-state index in [9.17, 15) is 4.79 Å². The lowest BCUT2D eigenvalue weighted by atomic mass is 10.1. The fourth-order valence-electron chi connectivity index (χ4n) is 3.05. The Bertz CT molecular complexity index is 861. The number of hydrogen-bond acceptors (Lipinski definition) is 1. The third-order valence-corrected chi connectivity index (χ3v) is 4.32. The molecule has 0 saturated carbocycles. The van der Waals surface area contributed by atoms with Gasteiger partial charge in [-0.05, 0) is 43.0 Å². The van der Waals surface area contributed by atoms with Crippen LogP contribution in [0.4, 0.5) is 0 Å². The molecule has 23 heavy (non-hydrogen) atoms. The van der Waals surface area contributed by atoms with Gasteiger partial charge in [-0.3, -0.25) is 4.79 Å². The van der Waals surface area contributed by atoms with Crippen LogP contribution in [-0.4, -0.2) is 15.6 Å². The number of benzene rings is 2. The molecule has 0 fully saturated rings. The molecule has 0 atom stereocenters. The number of carboxylic acid groups (broad SMARTS) is 1. The summed E-state index contributed by atoms with van der Waals surface area (Å²) in [6.07, 6.45) is 2.84. The SMILES string of the molecule is Cc1ccc(C)c(Cn2cc(CCC(=O)O)c3ccccc32)c1. The molecule has 3 rings (SSSR count). The first kappa shape index (κ1) is 15.3. The average molecular weight is 307 g/mol. The second-order valence-corrected chi connectivity index (χ2v) is 6.12. The maximum Gasteiger partial charge on any atom is 0.303 e. The van der Waals surface area contributed by atoms with Crippen LogP contribution in [0.3, 0.4) is 0 Å². The molecule has 0 aliphatic rings. The standard InChI is InChI=1S/C20H21NO2/c1-14-7-8-15(2)17(11-14)13-21-12-16(9-10-20(22)23)18-5-3-4-6-19(18)21/h3-8,11-12H,9-10,13H2,1-2H3,(H,22,23). The Kier molecular flexibility index (Phi) is 4.20. The van der Waals surface area contributed by atoms with Crippen LogP contribution in [0.1, 0.15) is 28.7 Å². The highest BCUT2D eigenvalue weighted by molar-refractivity contribution is 5.84. The van der Waals surface area contributed by atoms with Crippen LogP contribution in [0.15, 0.2) is 48.7 Å². The molecule has 0 saturated heterocycles. The van der Waals surface area contributed by atoms with Gasteiger partial charge in [-0.15, -0.1) is 0 Å². The van der Waals surface area contributed by atoms with Crippen LogP contribution in [0.25, 0.3) is 10.9 Å². The zero-order chi connectivity index (χ0) is 16.4. The normalized spacial score (nSPS) is 11.0. The molecule has 3 aromatic rings. The van der Waals surface area contributed by atoms with Gasteiger partial charge < -0.3 is 9.67 Å². The summed E-state index contributed by atoms with van der Waals surface area (Å²) < 4.78 is 2.23. The molecule has 3 heteroatoms. The summed E-state index contributed by atoms with van der Waals surface area (Å²) >= 11 is 0. The van der Waals surface area contributed by atoms with Gasteiger partial charge in [-0.1, -0.05) is 42.0 Å². The molecule has 0 unspecified atom stereocenters. The van der Waals surface area contributed by atoms with E-state index in [2.05, 4.69) is 54.9 Å². The average Bonchev–Trinajstić information content (AvgIpc) is 2.87. The van der Waals surface area contributed by atoms with Crippen molar-refractivity contribution in [3.8, 4) is 0 Å². The summed E-state index contributed by atoms with van der Waals surface area (Å²) in [4.78, 5) is 10.9. The number of aryl methyl sites for hydroxylation is 3. The van der Waals surface area contributed by atoms with Gasteiger partial charge in [-0.25, -0.2) is 0 Å². The molecular formula is C20H21NO2. The third-order valence-electron chi connectivity index (χ3n) is 4.32. The first-order chi connectivity index (χ1) is 11.0. The Morgan fingerprint density at radius 1 is 1.09 bits per heavy atom. The monoisotopic (exact) mass is 307 g/mol. The van der Waals surface area contributed by atoms with Gasteiger partial charge in [0.2, 0.25) is 0 Å². The Labute approximate surface area is 136 Å². The number of hydrogen-bond donors (Lipinski definition) is 1. The lowest BCUT2D eigenvalue weighted by Gasteiger charge is -2.09.